The Labute approximate surface area is 159 Å². The van der Waals surface area contributed by atoms with Gasteiger partial charge in [-0.15, -0.1) is 0 Å². The van der Waals surface area contributed by atoms with Crippen molar-refractivity contribution in [3.63, 3.8) is 0 Å². The van der Waals surface area contributed by atoms with Crippen LogP contribution >= 0.6 is 0 Å². The summed E-state index contributed by atoms with van der Waals surface area (Å²) in [4.78, 5) is 50.3. The summed E-state index contributed by atoms with van der Waals surface area (Å²) in [6.07, 6.45) is -0.772. The average Bonchev–Trinajstić information content (AvgIpc) is 3.08. The van der Waals surface area contributed by atoms with Crippen molar-refractivity contribution in [2.24, 2.45) is 0 Å². The van der Waals surface area contributed by atoms with Gasteiger partial charge in [-0.05, 0) is 18.2 Å². The predicted molar refractivity (Wildman–Crippen MR) is 95.3 cm³/mol. The van der Waals surface area contributed by atoms with Crippen LogP contribution in [0.2, 0.25) is 0 Å². The van der Waals surface area contributed by atoms with Crippen LogP contribution < -0.4 is 5.32 Å². The Morgan fingerprint density at radius 3 is 2.28 bits per heavy atom. The van der Waals surface area contributed by atoms with Crippen LogP contribution in [0.3, 0.4) is 0 Å². The number of nitrogens with zero attached hydrogens (tertiary/aromatic N) is 3. The highest BCUT2D eigenvalue weighted by Crippen LogP contribution is 2.30. The molecule has 0 atom stereocenters. The van der Waals surface area contributed by atoms with Crippen LogP contribution in [0.4, 0.5) is 26.5 Å². The number of halogens is 1. The third-order valence-electron chi connectivity index (χ3n) is 3.84. The molecule has 1 aromatic heterocycles. The zero-order chi connectivity index (χ0) is 21.3. The second kappa shape index (κ2) is 7.30. The number of anilines is 1. The van der Waals surface area contributed by atoms with Crippen LogP contribution in [0.1, 0.15) is 15.9 Å². The van der Waals surface area contributed by atoms with Crippen molar-refractivity contribution >= 4 is 40.2 Å². The highest BCUT2D eigenvalue weighted by molar-refractivity contribution is 6.11. The number of ketones is 1. The Bertz CT molecular complexity index is 1150. The van der Waals surface area contributed by atoms with Gasteiger partial charge in [0.25, 0.3) is 5.82 Å². The highest BCUT2D eigenvalue weighted by atomic mass is 19.1. The summed E-state index contributed by atoms with van der Waals surface area (Å²) in [6, 6.07) is 5.34. The molecule has 29 heavy (non-hydrogen) atoms. The van der Waals surface area contributed by atoms with E-state index in [1.54, 1.807) is 0 Å². The number of nitro groups is 2. The van der Waals surface area contributed by atoms with Crippen LogP contribution in [0.25, 0.3) is 11.0 Å². The molecule has 0 aliphatic carbocycles. The van der Waals surface area contributed by atoms with E-state index in [1.165, 1.54) is 18.2 Å². The van der Waals surface area contributed by atoms with Gasteiger partial charge < -0.3 is 9.72 Å². The van der Waals surface area contributed by atoms with Crippen molar-refractivity contribution in [3.05, 3.63) is 67.5 Å². The van der Waals surface area contributed by atoms with Crippen molar-refractivity contribution in [2.75, 3.05) is 12.4 Å². The maximum atomic E-state index is 13.9. The second-order valence-electron chi connectivity index (χ2n) is 5.61. The molecule has 3 rings (SSSR count). The van der Waals surface area contributed by atoms with Gasteiger partial charge in [0.1, 0.15) is 0 Å². The number of carbonyl (C=O) groups is 2. The number of aromatic nitrogens is 2. The molecule has 0 radical (unpaired) electrons. The van der Waals surface area contributed by atoms with Gasteiger partial charge in [0, 0.05) is 23.3 Å². The van der Waals surface area contributed by atoms with E-state index in [-0.39, 0.29) is 11.5 Å². The van der Waals surface area contributed by atoms with E-state index in [9.17, 15) is 34.2 Å². The van der Waals surface area contributed by atoms with Gasteiger partial charge in [0.2, 0.25) is 5.95 Å². The van der Waals surface area contributed by atoms with E-state index in [0.717, 1.165) is 7.11 Å². The predicted octanol–water partition coefficient (Wildman–Crippen LogP) is 2.93. The number of carbonyl (C=O) groups excluding carboxylic acids is 2. The molecule has 2 aromatic carbocycles. The first kappa shape index (κ1) is 19.3. The minimum atomic E-state index is -1.64. The second-order valence-corrected chi connectivity index (χ2v) is 5.61. The van der Waals surface area contributed by atoms with Crippen molar-refractivity contribution in [1.29, 1.82) is 0 Å². The normalized spacial score (nSPS) is 10.6. The Hall–Kier alpha value is -4.42. The fourth-order valence-electron chi connectivity index (χ4n) is 2.52. The summed E-state index contributed by atoms with van der Waals surface area (Å²) < 4.78 is 18.3. The fourth-order valence-corrected chi connectivity index (χ4v) is 2.52. The first-order valence-corrected chi connectivity index (χ1v) is 7.73. The van der Waals surface area contributed by atoms with Gasteiger partial charge in [0.15, 0.2) is 5.78 Å². The van der Waals surface area contributed by atoms with Crippen LogP contribution in [-0.4, -0.2) is 38.8 Å². The molecule has 148 valence electrons. The lowest BCUT2D eigenvalue weighted by molar-refractivity contribution is -0.399. The van der Waals surface area contributed by atoms with Crippen LogP contribution in [0.15, 0.2) is 30.3 Å². The van der Waals surface area contributed by atoms with Gasteiger partial charge in [0.05, 0.1) is 28.0 Å². The highest BCUT2D eigenvalue weighted by Gasteiger charge is 2.29. The molecular formula is C16H10FN5O7. The lowest BCUT2D eigenvalue weighted by Gasteiger charge is -2.03. The zero-order valence-corrected chi connectivity index (χ0v) is 14.5. The molecule has 0 spiro atoms. The summed E-state index contributed by atoms with van der Waals surface area (Å²) in [7, 11) is 1.16. The topological polar surface area (TPSA) is 170 Å². The smallest absolute Gasteiger partial charge is 0.413 e. The number of nitrogens with one attached hydrogen (secondary N) is 2. The number of imidazole rings is 1. The monoisotopic (exact) mass is 403 g/mol. The number of H-pyrrole nitrogens is 1. The molecule has 1 heterocycles. The number of aromatic amines is 1. The van der Waals surface area contributed by atoms with Gasteiger partial charge in [-0.25, -0.2) is 9.78 Å². The number of benzene rings is 2. The molecule has 0 saturated carbocycles. The molecule has 0 fully saturated rings. The molecule has 0 aliphatic rings. The number of rotatable bonds is 5. The molecule has 13 heteroatoms. The molecule has 0 unspecified atom stereocenters. The fraction of sp³-hybridized carbons (Fsp3) is 0.0625. The van der Waals surface area contributed by atoms with Gasteiger partial charge in [-0.3, -0.25) is 30.3 Å². The Balaban J connectivity index is 2.03. The molecule has 0 bridgehead atoms. The summed E-state index contributed by atoms with van der Waals surface area (Å²) in [5.41, 5.74) is -2.10. The summed E-state index contributed by atoms with van der Waals surface area (Å²) >= 11 is 0. The maximum Gasteiger partial charge on any atom is 0.413 e. The number of hydrogen-bond acceptors (Lipinski definition) is 8. The minimum Gasteiger partial charge on any atom is -0.453 e. The third kappa shape index (κ3) is 3.69. The van der Waals surface area contributed by atoms with Crippen molar-refractivity contribution in [1.82, 2.24) is 9.97 Å². The van der Waals surface area contributed by atoms with E-state index in [0.29, 0.717) is 23.2 Å². The lowest BCUT2D eigenvalue weighted by Crippen LogP contribution is -2.11. The molecule has 12 nitrogen and oxygen atoms in total. The third-order valence-corrected chi connectivity index (χ3v) is 3.84. The number of amides is 1. The SMILES string of the molecule is COC(=O)Nc1nc2ccc(C(=O)c3cc([N+](=O)[O-])c(F)c([N+](=O)[O-])c3)cc2[nH]1. The van der Waals surface area contributed by atoms with E-state index < -0.39 is 44.5 Å². The Kier molecular flexibility index (Phi) is 4.87. The van der Waals surface area contributed by atoms with Crippen LogP contribution in [-0.2, 0) is 4.74 Å². The van der Waals surface area contributed by atoms with E-state index in [4.69, 9.17) is 0 Å². The molecule has 1 amide bonds. The molecule has 2 N–H and O–H groups in total. The van der Waals surface area contributed by atoms with E-state index in [2.05, 4.69) is 20.0 Å². The Morgan fingerprint density at radius 2 is 1.72 bits per heavy atom. The van der Waals surface area contributed by atoms with Gasteiger partial charge in [-0.2, -0.15) is 4.39 Å². The molecular weight excluding hydrogens is 393 g/mol. The summed E-state index contributed by atoms with van der Waals surface area (Å²) in [6.45, 7) is 0. The number of ether oxygens (including phenoxy) is 1. The first-order chi connectivity index (χ1) is 13.7. The van der Waals surface area contributed by atoms with Crippen molar-refractivity contribution in [3.8, 4) is 0 Å². The quantitative estimate of drug-likeness (QED) is 0.372. The lowest BCUT2D eigenvalue weighted by atomic mass is 10.0. The molecule has 0 aliphatic heterocycles. The maximum absolute atomic E-state index is 13.9. The molecule has 3 aromatic rings. The largest absolute Gasteiger partial charge is 0.453 e. The first-order valence-electron chi connectivity index (χ1n) is 7.73. The average molecular weight is 403 g/mol. The van der Waals surface area contributed by atoms with Gasteiger partial charge >= 0.3 is 17.5 Å². The number of hydrogen-bond donors (Lipinski definition) is 2. The number of nitro benzene ring substituents is 2. The summed E-state index contributed by atoms with van der Waals surface area (Å²) in [5.74, 6) is -2.40. The van der Waals surface area contributed by atoms with Crippen LogP contribution in [0, 0.1) is 26.0 Å². The summed E-state index contributed by atoms with van der Waals surface area (Å²) in [5, 5.41) is 24.2. The minimum absolute atomic E-state index is 0.000900. The van der Waals surface area contributed by atoms with E-state index in [1.807, 2.05) is 0 Å². The van der Waals surface area contributed by atoms with Crippen LogP contribution in [0.5, 0.6) is 0 Å². The van der Waals surface area contributed by atoms with Crippen molar-refractivity contribution < 1.29 is 28.6 Å². The number of fused-ring (bicyclic) bond motifs is 1. The van der Waals surface area contributed by atoms with E-state index >= 15 is 0 Å². The van der Waals surface area contributed by atoms with Gasteiger partial charge in [-0.1, -0.05) is 0 Å². The molecule has 0 saturated heterocycles. The standard InChI is InChI=1S/C16H10FN5O7/c1-29-16(24)20-15-18-9-3-2-7(4-10(9)19-15)14(23)8-5-11(21(25)26)13(17)12(6-8)22(27)28/h2-6H,1H3,(H2,18,19,20,24). The number of methoxy groups -OCH3 is 1. The zero-order valence-electron chi connectivity index (χ0n) is 14.5. The van der Waals surface area contributed by atoms with Crippen molar-refractivity contribution in [2.45, 2.75) is 0 Å². The Morgan fingerprint density at radius 1 is 1.10 bits per heavy atom.